The third kappa shape index (κ3) is 5.58. The lowest BCUT2D eigenvalue weighted by molar-refractivity contribution is -0.122. The molecule has 0 aliphatic heterocycles. The minimum absolute atomic E-state index is 0.146. The van der Waals surface area contributed by atoms with Gasteiger partial charge in [-0.15, -0.1) is 0 Å². The molecule has 0 aromatic heterocycles. The van der Waals surface area contributed by atoms with Crippen LogP contribution in [0.4, 0.5) is 5.69 Å². The summed E-state index contributed by atoms with van der Waals surface area (Å²) in [6, 6.07) is 14.8. The van der Waals surface area contributed by atoms with Crippen LogP contribution >= 0.6 is 0 Å². The van der Waals surface area contributed by atoms with E-state index < -0.39 is 16.1 Å². The third-order valence-electron chi connectivity index (χ3n) is 3.25. The molecule has 0 aliphatic carbocycles. The number of carbonyl (C=O) groups is 1. The molecule has 134 valence electrons. The van der Waals surface area contributed by atoms with Gasteiger partial charge in [0.1, 0.15) is 5.75 Å². The zero-order chi connectivity index (χ0) is 18.4. The Bertz CT molecular complexity index is 803. The van der Waals surface area contributed by atoms with Crippen molar-refractivity contribution in [3.63, 3.8) is 0 Å². The largest absolute Gasteiger partial charge is 0.481 e. The molecule has 2 aromatic rings. The highest BCUT2D eigenvalue weighted by Crippen LogP contribution is 2.16. The van der Waals surface area contributed by atoms with Crippen molar-refractivity contribution in [3.8, 4) is 5.75 Å². The number of amides is 1. The summed E-state index contributed by atoms with van der Waals surface area (Å²) in [4.78, 5) is 12.3. The summed E-state index contributed by atoms with van der Waals surface area (Å²) in [6.45, 7) is 5.15. The molecular weight excluding hydrogens is 340 g/mol. The highest BCUT2D eigenvalue weighted by Gasteiger charge is 2.17. The summed E-state index contributed by atoms with van der Waals surface area (Å²) in [7, 11) is -3.55. The molecule has 0 saturated carbocycles. The number of anilines is 1. The minimum atomic E-state index is -3.55. The van der Waals surface area contributed by atoms with Crippen LogP contribution in [0, 0.1) is 0 Å². The summed E-state index contributed by atoms with van der Waals surface area (Å²) in [5, 5.41) is 2.70. The summed E-state index contributed by atoms with van der Waals surface area (Å²) < 4.78 is 32.2. The van der Waals surface area contributed by atoms with Crippen LogP contribution in [0.1, 0.15) is 20.8 Å². The predicted octanol–water partition coefficient (Wildman–Crippen LogP) is 2.78. The Morgan fingerprint density at radius 1 is 0.960 bits per heavy atom. The normalized spacial score (nSPS) is 12.6. The van der Waals surface area contributed by atoms with Gasteiger partial charge < -0.3 is 10.1 Å². The Morgan fingerprint density at radius 2 is 1.56 bits per heavy atom. The van der Waals surface area contributed by atoms with Crippen molar-refractivity contribution in [1.29, 1.82) is 0 Å². The number of rotatable bonds is 7. The van der Waals surface area contributed by atoms with E-state index in [0.717, 1.165) is 0 Å². The van der Waals surface area contributed by atoms with E-state index in [1.165, 1.54) is 12.1 Å². The van der Waals surface area contributed by atoms with Crippen molar-refractivity contribution >= 4 is 21.6 Å². The molecule has 1 atom stereocenters. The smallest absolute Gasteiger partial charge is 0.265 e. The first-order valence-corrected chi connectivity index (χ1v) is 9.41. The van der Waals surface area contributed by atoms with Gasteiger partial charge in [-0.05, 0) is 57.2 Å². The van der Waals surface area contributed by atoms with Crippen LogP contribution in [0.3, 0.4) is 0 Å². The monoisotopic (exact) mass is 362 g/mol. The van der Waals surface area contributed by atoms with Crippen LogP contribution in [0.2, 0.25) is 0 Å². The third-order valence-corrected chi connectivity index (χ3v) is 4.92. The highest BCUT2D eigenvalue weighted by atomic mass is 32.2. The zero-order valence-electron chi connectivity index (χ0n) is 14.4. The maximum Gasteiger partial charge on any atom is 0.265 e. The van der Waals surface area contributed by atoms with Crippen molar-refractivity contribution in [1.82, 2.24) is 4.72 Å². The van der Waals surface area contributed by atoms with Gasteiger partial charge in [0.25, 0.3) is 5.91 Å². The second-order valence-electron chi connectivity index (χ2n) is 5.86. The number of ether oxygens (including phenoxy) is 1. The standard InChI is InChI=1S/C18H22N2O4S/c1-13(2)20-25(22,23)17-11-9-15(10-12-17)19-18(21)14(3)24-16-7-5-4-6-8-16/h4-14,20H,1-3H3,(H,19,21)/t14-/m0/s1. The van der Waals surface area contributed by atoms with E-state index in [2.05, 4.69) is 10.0 Å². The first-order chi connectivity index (χ1) is 11.8. The second kappa shape index (κ2) is 8.13. The molecule has 0 radical (unpaired) electrons. The van der Waals surface area contributed by atoms with Gasteiger partial charge in [0.2, 0.25) is 10.0 Å². The molecule has 0 aliphatic rings. The molecule has 6 nitrogen and oxygen atoms in total. The van der Waals surface area contributed by atoms with Gasteiger partial charge in [0.15, 0.2) is 6.10 Å². The van der Waals surface area contributed by atoms with Crippen LogP contribution in [-0.2, 0) is 14.8 Å². The lowest BCUT2D eigenvalue weighted by Crippen LogP contribution is -2.31. The van der Waals surface area contributed by atoms with Gasteiger partial charge in [-0.1, -0.05) is 18.2 Å². The fourth-order valence-electron chi connectivity index (χ4n) is 2.10. The van der Waals surface area contributed by atoms with E-state index >= 15 is 0 Å². The first-order valence-electron chi connectivity index (χ1n) is 7.93. The Hall–Kier alpha value is -2.38. The molecule has 0 bridgehead atoms. The predicted molar refractivity (Wildman–Crippen MR) is 97.1 cm³/mol. The Morgan fingerprint density at radius 3 is 2.12 bits per heavy atom. The van der Waals surface area contributed by atoms with Gasteiger partial charge in [-0.25, -0.2) is 13.1 Å². The van der Waals surface area contributed by atoms with Crippen LogP contribution in [0.15, 0.2) is 59.5 Å². The molecule has 0 spiro atoms. The van der Waals surface area contributed by atoms with E-state index in [1.54, 1.807) is 45.0 Å². The number of sulfonamides is 1. The van der Waals surface area contributed by atoms with Crippen molar-refractivity contribution in [3.05, 3.63) is 54.6 Å². The maximum atomic E-state index is 12.2. The topological polar surface area (TPSA) is 84.5 Å². The maximum absolute atomic E-state index is 12.2. The molecule has 2 N–H and O–H groups in total. The van der Waals surface area contributed by atoms with Crippen LogP contribution in [-0.4, -0.2) is 26.5 Å². The molecule has 25 heavy (non-hydrogen) atoms. The highest BCUT2D eigenvalue weighted by molar-refractivity contribution is 7.89. The quantitative estimate of drug-likeness (QED) is 0.793. The number of hydrogen-bond donors (Lipinski definition) is 2. The van der Waals surface area contributed by atoms with E-state index in [0.29, 0.717) is 11.4 Å². The van der Waals surface area contributed by atoms with Crippen molar-refractivity contribution in [2.45, 2.75) is 37.8 Å². The van der Waals surface area contributed by atoms with Crippen LogP contribution < -0.4 is 14.8 Å². The van der Waals surface area contributed by atoms with Gasteiger partial charge in [-0.2, -0.15) is 0 Å². The lowest BCUT2D eigenvalue weighted by atomic mass is 10.3. The Kier molecular flexibility index (Phi) is 6.17. The zero-order valence-corrected chi connectivity index (χ0v) is 15.2. The van der Waals surface area contributed by atoms with Gasteiger partial charge in [0.05, 0.1) is 4.90 Å². The summed E-state index contributed by atoms with van der Waals surface area (Å²) >= 11 is 0. The molecule has 2 rings (SSSR count). The number of para-hydroxylation sites is 1. The molecule has 0 heterocycles. The SMILES string of the molecule is CC(C)NS(=O)(=O)c1ccc(NC(=O)[C@H](C)Oc2ccccc2)cc1. The molecule has 0 fully saturated rings. The van der Waals surface area contributed by atoms with Gasteiger partial charge in [-0.3, -0.25) is 4.79 Å². The number of nitrogens with one attached hydrogen (secondary N) is 2. The minimum Gasteiger partial charge on any atom is -0.481 e. The number of hydrogen-bond acceptors (Lipinski definition) is 4. The van der Waals surface area contributed by atoms with Crippen LogP contribution in [0.25, 0.3) is 0 Å². The number of carbonyl (C=O) groups excluding carboxylic acids is 1. The Labute approximate surface area is 148 Å². The molecule has 0 unspecified atom stereocenters. The van der Waals surface area contributed by atoms with Gasteiger partial charge >= 0.3 is 0 Å². The summed E-state index contributed by atoms with van der Waals surface area (Å²) in [5.74, 6) is 0.283. The fourth-order valence-corrected chi connectivity index (χ4v) is 3.35. The van der Waals surface area contributed by atoms with E-state index in [9.17, 15) is 13.2 Å². The number of benzene rings is 2. The molecule has 2 aromatic carbocycles. The van der Waals surface area contributed by atoms with Gasteiger partial charge in [0, 0.05) is 11.7 Å². The first kappa shape index (κ1) is 19.0. The van der Waals surface area contributed by atoms with Crippen molar-refractivity contribution < 1.29 is 17.9 Å². The average molecular weight is 362 g/mol. The fraction of sp³-hybridized carbons (Fsp3) is 0.278. The second-order valence-corrected chi connectivity index (χ2v) is 7.58. The van der Waals surface area contributed by atoms with E-state index in [-0.39, 0.29) is 16.8 Å². The van der Waals surface area contributed by atoms with Crippen molar-refractivity contribution in [2.75, 3.05) is 5.32 Å². The lowest BCUT2D eigenvalue weighted by Gasteiger charge is -2.15. The summed E-state index contributed by atoms with van der Waals surface area (Å²) in [6.07, 6.45) is -0.687. The Balaban J connectivity index is 1.99. The van der Waals surface area contributed by atoms with Crippen molar-refractivity contribution in [2.24, 2.45) is 0 Å². The van der Waals surface area contributed by atoms with Crippen LogP contribution in [0.5, 0.6) is 5.75 Å². The average Bonchev–Trinajstić information content (AvgIpc) is 2.55. The molecule has 7 heteroatoms. The molecule has 0 saturated heterocycles. The van der Waals surface area contributed by atoms with E-state index in [1.807, 2.05) is 18.2 Å². The summed E-state index contributed by atoms with van der Waals surface area (Å²) in [5.41, 5.74) is 0.497. The van der Waals surface area contributed by atoms with E-state index in [4.69, 9.17) is 4.74 Å². The molecule has 1 amide bonds. The molecular formula is C18H22N2O4S.